The number of amides is 1. The number of carbonyl (C=O) groups excluding carboxylic acids is 1. The van der Waals surface area contributed by atoms with E-state index in [1.807, 2.05) is 6.92 Å². The number of allylic oxidation sites excluding steroid dienone is 2. The second kappa shape index (κ2) is 5.57. The summed E-state index contributed by atoms with van der Waals surface area (Å²) in [7, 11) is 0. The molecule has 1 unspecified atom stereocenters. The smallest absolute Gasteiger partial charge is 0.207 e. The molecule has 0 heterocycles. The fourth-order valence-electron chi connectivity index (χ4n) is 1.03. The summed E-state index contributed by atoms with van der Waals surface area (Å²) in [5.74, 6) is 0. The fourth-order valence-corrected chi connectivity index (χ4v) is 1.03. The van der Waals surface area contributed by atoms with Gasteiger partial charge in [0.05, 0.1) is 5.54 Å². The number of rotatable bonds is 6. The SMILES string of the molecule is C=CC(C)(CCC=C(C)C)NC=O. The largest absolute Gasteiger partial charge is 0.350 e. The lowest BCUT2D eigenvalue weighted by Crippen LogP contribution is -2.39. The van der Waals surface area contributed by atoms with Crippen molar-refractivity contribution in [3.63, 3.8) is 0 Å². The Bertz CT molecular complexity index is 204. The van der Waals surface area contributed by atoms with E-state index in [1.165, 1.54) is 5.57 Å². The van der Waals surface area contributed by atoms with E-state index in [2.05, 4.69) is 31.8 Å². The Kier molecular flexibility index (Phi) is 5.12. The number of hydrogen-bond acceptors (Lipinski definition) is 1. The van der Waals surface area contributed by atoms with E-state index >= 15 is 0 Å². The Morgan fingerprint density at radius 3 is 2.54 bits per heavy atom. The van der Waals surface area contributed by atoms with Gasteiger partial charge in [-0.25, -0.2) is 0 Å². The van der Waals surface area contributed by atoms with E-state index < -0.39 is 0 Å². The topological polar surface area (TPSA) is 29.1 Å². The molecule has 0 aromatic rings. The third kappa shape index (κ3) is 5.23. The molecule has 0 spiro atoms. The van der Waals surface area contributed by atoms with Gasteiger partial charge in [-0.2, -0.15) is 0 Å². The maximum absolute atomic E-state index is 10.3. The predicted molar refractivity (Wildman–Crippen MR) is 56.5 cm³/mol. The molecule has 74 valence electrons. The van der Waals surface area contributed by atoms with Crippen LogP contribution < -0.4 is 5.32 Å². The van der Waals surface area contributed by atoms with Crippen molar-refractivity contribution in [3.05, 3.63) is 24.3 Å². The van der Waals surface area contributed by atoms with Crippen LogP contribution in [0.15, 0.2) is 24.3 Å². The van der Waals surface area contributed by atoms with Crippen LogP contribution in [0.4, 0.5) is 0 Å². The van der Waals surface area contributed by atoms with E-state index in [-0.39, 0.29) is 5.54 Å². The average molecular weight is 181 g/mol. The van der Waals surface area contributed by atoms with Gasteiger partial charge in [-0.15, -0.1) is 6.58 Å². The molecule has 1 amide bonds. The van der Waals surface area contributed by atoms with Gasteiger partial charge in [-0.1, -0.05) is 17.7 Å². The molecule has 0 bridgehead atoms. The molecule has 2 heteroatoms. The van der Waals surface area contributed by atoms with E-state index in [0.29, 0.717) is 0 Å². The summed E-state index contributed by atoms with van der Waals surface area (Å²) in [5, 5.41) is 2.75. The normalized spacial score (nSPS) is 14.1. The zero-order valence-electron chi connectivity index (χ0n) is 8.76. The molecule has 0 aliphatic heterocycles. The van der Waals surface area contributed by atoms with Crippen LogP contribution in [0.5, 0.6) is 0 Å². The van der Waals surface area contributed by atoms with Gasteiger partial charge in [-0.05, 0) is 33.6 Å². The molecule has 0 fully saturated rings. The second-order valence-corrected chi connectivity index (χ2v) is 3.70. The summed E-state index contributed by atoms with van der Waals surface area (Å²) in [6.45, 7) is 9.81. The van der Waals surface area contributed by atoms with Gasteiger partial charge in [-0.3, -0.25) is 4.79 Å². The highest BCUT2D eigenvalue weighted by Crippen LogP contribution is 2.13. The second-order valence-electron chi connectivity index (χ2n) is 3.70. The first-order valence-electron chi connectivity index (χ1n) is 4.52. The molecule has 0 radical (unpaired) electrons. The standard InChI is InChI=1S/C11H19NO/c1-5-11(4,12-9-13)8-6-7-10(2)3/h5,7,9H,1,6,8H2,2-4H3,(H,12,13). The van der Waals surface area contributed by atoms with Crippen LogP contribution in [0.25, 0.3) is 0 Å². The molecule has 0 saturated carbocycles. The lowest BCUT2D eigenvalue weighted by molar-refractivity contribution is -0.110. The molecule has 1 atom stereocenters. The van der Waals surface area contributed by atoms with Crippen LogP contribution in [-0.2, 0) is 4.79 Å². The Morgan fingerprint density at radius 1 is 1.54 bits per heavy atom. The minimum Gasteiger partial charge on any atom is -0.350 e. The molecule has 0 aromatic carbocycles. The molecule has 0 rings (SSSR count). The molecule has 0 aromatic heterocycles. The van der Waals surface area contributed by atoms with Crippen molar-refractivity contribution in [1.29, 1.82) is 0 Å². The van der Waals surface area contributed by atoms with Gasteiger partial charge in [0.1, 0.15) is 0 Å². The number of nitrogens with one attached hydrogen (secondary N) is 1. The first-order chi connectivity index (χ1) is 6.04. The Balaban J connectivity index is 4.04. The van der Waals surface area contributed by atoms with Crippen molar-refractivity contribution in [2.24, 2.45) is 0 Å². The average Bonchev–Trinajstić information content (AvgIpc) is 2.04. The van der Waals surface area contributed by atoms with E-state index in [1.54, 1.807) is 6.08 Å². The van der Waals surface area contributed by atoms with E-state index in [0.717, 1.165) is 19.3 Å². The third-order valence-electron chi connectivity index (χ3n) is 2.06. The van der Waals surface area contributed by atoms with Gasteiger partial charge in [0.15, 0.2) is 0 Å². The molecule has 0 aliphatic carbocycles. The molecular weight excluding hydrogens is 162 g/mol. The lowest BCUT2D eigenvalue weighted by atomic mass is 9.96. The van der Waals surface area contributed by atoms with Crippen LogP contribution in [0.2, 0.25) is 0 Å². The first kappa shape index (κ1) is 11.9. The maximum atomic E-state index is 10.3. The Hall–Kier alpha value is -1.05. The molecule has 1 N–H and O–H groups in total. The third-order valence-corrected chi connectivity index (χ3v) is 2.06. The number of hydrogen-bond donors (Lipinski definition) is 1. The van der Waals surface area contributed by atoms with E-state index in [9.17, 15) is 4.79 Å². The monoisotopic (exact) mass is 181 g/mol. The molecule has 0 aliphatic rings. The Morgan fingerprint density at radius 2 is 2.15 bits per heavy atom. The van der Waals surface area contributed by atoms with Crippen molar-refractivity contribution >= 4 is 6.41 Å². The van der Waals surface area contributed by atoms with Gasteiger partial charge >= 0.3 is 0 Å². The maximum Gasteiger partial charge on any atom is 0.207 e. The summed E-state index contributed by atoms with van der Waals surface area (Å²) in [5.41, 5.74) is 1.03. The van der Waals surface area contributed by atoms with Crippen LogP contribution >= 0.6 is 0 Å². The summed E-state index contributed by atoms with van der Waals surface area (Å²) in [6.07, 6.45) is 6.52. The number of carbonyl (C=O) groups is 1. The van der Waals surface area contributed by atoms with Crippen molar-refractivity contribution < 1.29 is 4.79 Å². The summed E-state index contributed by atoms with van der Waals surface area (Å²) < 4.78 is 0. The Labute approximate surface area is 80.7 Å². The van der Waals surface area contributed by atoms with Gasteiger partial charge in [0, 0.05) is 0 Å². The van der Waals surface area contributed by atoms with Gasteiger partial charge in [0.25, 0.3) is 0 Å². The van der Waals surface area contributed by atoms with Gasteiger partial charge in [0.2, 0.25) is 6.41 Å². The minimum absolute atomic E-state index is 0.270. The summed E-state index contributed by atoms with van der Waals surface area (Å²) in [4.78, 5) is 10.3. The highest BCUT2D eigenvalue weighted by Gasteiger charge is 2.16. The molecule has 13 heavy (non-hydrogen) atoms. The van der Waals surface area contributed by atoms with Crippen LogP contribution in [0.3, 0.4) is 0 Å². The quantitative estimate of drug-likeness (QED) is 0.495. The van der Waals surface area contributed by atoms with Crippen molar-refractivity contribution in [1.82, 2.24) is 5.32 Å². The van der Waals surface area contributed by atoms with Crippen molar-refractivity contribution in [3.8, 4) is 0 Å². The predicted octanol–water partition coefficient (Wildman–Crippen LogP) is 2.42. The van der Waals surface area contributed by atoms with Crippen LogP contribution in [0.1, 0.15) is 33.6 Å². The first-order valence-corrected chi connectivity index (χ1v) is 4.52. The molecular formula is C11H19NO. The molecule has 2 nitrogen and oxygen atoms in total. The van der Waals surface area contributed by atoms with Crippen molar-refractivity contribution in [2.45, 2.75) is 39.2 Å². The minimum atomic E-state index is -0.270. The highest BCUT2D eigenvalue weighted by atomic mass is 16.1. The highest BCUT2D eigenvalue weighted by molar-refractivity contribution is 5.48. The lowest BCUT2D eigenvalue weighted by Gasteiger charge is -2.24. The molecule has 0 saturated heterocycles. The fraction of sp³-hybridized carbons (Fsp3) is 0.545. The zero-order chi connectivity index (χ0) is 10.3. The summed E-state index contributed by atoms with van der Waals surface area (Å²) in [6, 6.07) is 0. The summed E-state index contributed by atoms with van der Waals surface area (Å²) >= 11 is 0. The van der Waals surface area contributed by atoms with Crippen LogP contribution in [0, 0.1) is 0 Å². The zero-order valence-corrected chi connectivity index (χ0v) is 8.76. The van der Waals surface area contributed by atoms with Crippen LogP contribution in [-0.4, -0.2) is 11.9 Å². The van der Waals surface area contributed by atoms with Crippen molar-refractivity contribution in [2.75, 3.05) is 0 Å². The van der Waals surface area contributed by atoms with Gasteiger partial charge < -0.3 is 5.32 Å². The van der Waals surface area contributed by atoms with E-state index in [4.69, 9.17) is 0 Å².